The zero-order valence-electron chi connectivity index (χ0n) is 15.6. The van der Waals surface area contributed by atoms with Gasteiger partial charge >= 0.3 is 5.97 Å². The normalized spacial score (nSPS) is 12.0. The fraction of sp³-hybridized carbons (Fsp3) is 0.182. The Morgan fingerprint density at radius 3 is 2.54 bits per heavy atom. The van der Waals surface area contributed by atoms with Crippen molar-refractivity contribution in [2.45, 2.75) is 19.3 Å². The molecule has 0 spiro atoms. The first-order valence-electron chi connectivity index (χ1n) is 8.72. The van der Waals surface area contributed by atoms with E-state index < -0.39 is 17.7 Å². The van der Waals surface area contributed by atoms with Gasteiger partial charge in [-0.2, -0.15) is 0 Å². The molecule has 1 aromatic heterocycles. The fourth-order valence-corrected chi connectivity index (χ4v) is 3.52. The molecule has 5 nitrogen and oxygen atoms in total. The summed E-state index contributed by atoms with van der Waals surface area (Å²) in [6.45, 7) is 5.30. The van der Waals surface area contributed by atoms with E-state index in [1.807, 2.05) is 0 Å². The van der Waals surface area contributed by atoms with E-state index in [0.717, 1.165) is 0 Å². The lowest BCUT2D eigenvalue weighted by Crippen LogP contribution is -2.16. The second kappa shape index (κ2) is 7.68. The van der Waals surface area contributed by atoms with Gasteiger partial charge in [-0.15, -0.1) is 6.58 Å². The summed E-state index contributed by atoms with van der Waals surface area (Å²) in [5.74, 6) is -2.96. The maximum absolute atomic E-state index is 14.4. The summed E-state index contributed by atoms with van der Waals surface area (Å²) in [5.41, 5.74) is 1.62. The molecule has 0 bridgehead atoms. The third kappa shape index (κ3) is 3.17. The molecule has 1 unspecified atom stereocenters. The van der Waals surface area contributed by atoms with Crippen molar-refractivity contribution in [2.24, 2.45) is 0 Å². The molecule has 0 amide bonds. The predicted octanol–water partition coefficient (Wildman–Crippen LogP) is 4.53. The Hall–Kier alpha value is -3.41. The third-order valence-corrected chi connectivity index (χ3v) is 4.80. The largest absolute Gasteiger partial charge is 0.494 e. The lowest BCUT2D eigenvalue weighted by atomic mass is 9.93. The van der Waals surface area contributed by atoms with Gasteiger partial charge in [0, 0.05) is 22.7 Å². The number of fused-ring (bicyclic) bond motifs is 1. The molecular weight excluding hydrogens is 361 g/mol. The van der Waals surface area contributed by atoms with Gasteiger partial charge in [-0.05, 0) is 37.1 Å². The van der Waals surface area contributed by atoms with Crippen LogP contribution >= 0.6 is 0 Å². The number of hydrogen-bond donors (Lipinski definition) is 1. The van der Waals surface area contributed by atoms with Gasteiger partial charge in [0.2, 0.25) is 0 Å². The first kappa shape index (κ1) is 19.4. The number of aliphatic carboxylic acids is 1. The minimum absolute atomic E-state index is 0.0131. The Bertz CT molecular complexity index is 1070. The van der Waals surface area contributed by atoms with Crippen LogP contribution in [0.15, 0.2) is 55.1 Å². The highest BCUT2D eigenvalue weighted by atomic mass is 19.1. The maximum atomic E-state index is 14.4. The average Bonchev–Trinajstić information content (AvgIpc) is 2.96. The second-order valence-electron chi connectivity index (χ2n) is 6.42. The van der Waals surface area contributed by atoms with Gasteiger partial charge in [0.05, 0.1) is 18.5 Å². The van der Waals surface area contributed by atoms with E-state index in [1.165, 1.54) is 29.9 Å². The molecule has 3 rings (SSSR count). The van der Waals surface area contributed by atoms with Gasteiger partial charge in [0.25, 0.3) is 5.91 Å². The van der Waals surface area contributed by atoms with E-state index in [0.29, 0.717) is 27.7 Å². The van der Waals surface area contributed by atoms with E-state index in [-0.39, 0.29) is 18.1 Å². The van der Waals surface area contributed by atoms with E-state index in [1.54, 1.807) is 37.3 Å². The van der Waals surface area contributed by atoms with Gasteiger partial charge in [-0.3, -0.25) is 14.2 Å². The molecule has 28 heavy (non-hydrogen) atoms. The Morgan fingerprint density at radius 1 is 1.29 bits per heavy atom. The molecule has 3 aromatic rings. The number of aromatic nitrogens is 1. The summed E-state index contributed by atoms with van der Waals surface area (Å²) in [6, 6.07) is 11.2. The third-order valence-electron chi connectivity index (χ3n) is 4.80. The topological polar surface area (TPSA) is 68.5 Å². The molecule has 1 atom stereocenters. The summed E-state index contributed by atoms with van der Waals surface area (Å²) in [5, 5.41) is 10.2. The summed E-state index contributed by atoms with van der Waals surface area (Å²) < 4.78 is 20.9. The molecule has 0 aliphatic heterocycles. The van der Waals surface area contributed by atoms with Crippen molar-refractivity contribution in [3.05, 3.63) is 77.8 Å². The Labute approximate surface area is 161 Å². The molecular formula is C22H20FNO4. The number of carbonyl (C=O) groups is 2. The summed E-state index contributed by atoms with van der Waals surface area (Å²) >= 11 is 0. The molecule has 144 valence electrons. The highest BCUT2D eigenvalue weighted by Crippen LogP contribution is 2.37. The van der Waals surface area contributed by atoms with Gasteiger partial charge in [-0.1, -0.05) is 24.3 Å². The molecule has 2 aromatic carbocycles. The molecule has 0 aliphatic carbocycles. The van der Waals surface area contributed by atoms with Gasteiger partial charge in [0.1, 0.15) is 0 Å². The fourth-order valence-electron chi connectivity index (χ4n) is 3.52. The highest BCUT2D eigenvalue weighted by molar-refractivity contribution is 6.05. The number of nitrogens with zero attached hydrogens (tertiary/aromatic N) is 1. The number of methoxy groups -OCH3 is 1. The number of halogens is 1. The average molecular weight is 381 g/mol. The SMILES string of the molecule is C=CCC(C(=O)O)c1c(C)n(C(=O)c2ccccc2)c2cc(F)c(OC)cc12. The lowest BCUT2D eigenvalue weighted by Gasteiger charge is -2.12. The van der Waals surface area contributed by atoms with Crippen LogP contribution in [0.2, 0.25) is 0 Å². The van der Waals surface area contributed by atoms with Crippen molar-refractivity contribution in [3.63, 3.8) is 0 Å². The molecule has 0 saturated heterocycles. The second-order valence-corrected chi connectivity index (χ2v) is 6.42. The smallest absolute Gasteiger partial charge is 0.311 e. The summed E-state index contributed by atoms with van der Waals surface area (Å²) in [4.78, 5) is 25.1. The van der Waals surface area contributed by atoms with Crippen LogP contribution in [0.3, 0.4) is 0 Å². The van der Waals surface area contributed by atoms with Crippen molar-refractivity contribution in [1.82, 2.24) is 4.57 Å². The minimum Gasteiger partial charge on any atom is -0.494 e. The van der Waals surface area contributed by atoms with Crippen molar-refractivity contribution in [3.8, 4) is 5.75 Å². The van der Waals surface area contributed by atoms with Crippen molar-refractivity contribution < 1.29 is 23.8 Å². The minimum atomic E-state index is -1.04. The van der Waals surface area contributed by atoms with E-state index >= 15 is 0 Å². The van der Waals surface area contributed by atoms with Crippen LogP contribution in [0.5, 0.6) is 5.75 Å². The molecule has 0 radical (unpaired) electrons. The first-order valence-corrected chi connectivity index (χ1v) is 8.72. The van der Waals surface area contributed by atoms with Crippen LogP contribution in [0, 0.1) is 12.7 Å². The van der Waals surface area contributed by atoms with E-state index in [9.17, 15) is 19.1 Å². The summed E-state index contributed by atoms with van der Waals surface area (Å²) in [7, 11) is 1.33. The number of benzene rings is 2. The number of carbonyl (C=O) groups excluding carboxylic acids is 1. The monoisotopic (exact) mass is 381 g/mol. The number of rotatable bonds is 6. The van der Waals surface area contributed by atoms with Crippen LogP contribution in [0.25, 0.3) is 10.9 Å². The predicted molar refractivity (Wildman–Crippen MR) is 105 cm³/mol. The van der Waals surface area contributed by atoms with Crippen molar-refractivity contribution in [1.29, 1.82) is 0 Å². The Kier molecular flexibility index (Phi) is 5.31. The number of allylic oxidation sites excluding steroid dienone is 1. The van der Waals surface area contributed by atoms with Crippen molar-refractivity contribution in [2.75, 3.05) is 7.11 Å². The zero-order chi connectivity index (χ0) is 20.4. The summed E-state index contributed by atoms with van der Waals surface area (Å²) in [6.07, 6.45) is 1.69. The quantitative estimate of drug-likeness (QED) is 0.637. The van der Waals surface area contributed by atoms with Crippen LogP contribution in [0.4, 0.5) is 4.39 Å². The molecule has 1 N–H and O–H groups in total. The number of hydrogen-bond acceptors (Lipinski definition) is 3. The highest BCUT2D eigenvalue weighted by Gasteiger charge is 2.29. The number of ether oxygens (including phenoxy) is 1. The van der Waals surface area contributed by atoms with Gasteiger partial charge < -0.3 is 9.84 Å². The van der Waals surface area contributed by atoms with E-state index in [4.69, 9.17) is 4.74 Å². The molecule has 0 aliphatic rings. The molecule has 6 heteroatoms. The van der Waals surface area contributed by atoms with Crippen LogP contribution in [0.1, 0.15) is 34.0 Å². The number of carboxylic acids is 1. The maximum Gasteiger partial charge on any atom is 0.311 e. The Balaban J connectivity index is 2.37. The Morgan fingerprint density at radius 2 is 1.96 bits per heavy atom. The lowest BCUT2D eigenvalue weighted by molar-refractivity contribution is -0.138. The molecule has 0 saturated carbocycles. The zero-order valence-corrected chi connectivity index (χ0v) is 15.6. The molecule has 1 heterocycles. The van der Waals surface area contributed by atoms with Crippen LogP contribution in [-0.2, 0) is 4.79 Å². The first-order chi connectivity index (χ1) is 13.4. The standard InChI is InChI=1S/C22H20FNO4/c1-4-8-15(22(26)27)20-13(2)24(21(25)14-9-6-5-7-10-14)18-12-17(23)19(28-3)11-16(18)20/h4-7,9-12,15H,1,8H2,2-3H3,(H,26,27). The van der Waals surface area contributed by atoms with Crippen LogP contribution in [-0.4, -0.2) is 28.7 Å². The van der Waals surface area contributed by atoms with E-state index in [2.05, 4.69) is 6.58 Å². The van der Waals surface area contributed by atoms with Gasteiger partial charge in [0.15, 0.2) is 11.6 Å². The van der Waals surface area contributed by atoms with Crippen molar-refractivity contribution >= 4 is 22.8 Å². The molecule has 0 fully saturated rings. The van der Waals surface area contributed by atoms with Gasteiger partial charge in [-0.25, -0.2) is 4.39 Å². The van der Waals surface area contributed by atoms with Crippen LogP contribution < -0.4 is 4.74 Å². The number of carboxylic acid groups (broad SMARTS) is 1.